The second-order valence-corrected chi connectivity index (χ2v) is 5.72. The number of esters is 1. The van der Waals surface area contributed by atoms with E-state index in [0.717, 1.165) is 22.0 Å². The predicted octanol–water partition coefficient (Wildman–Crippen LogP) is -0.00720. The van der Waals surface area contributed by atoms with Gasteiger partial charge in [0, 0.05) is 6.92 Å². The van der Waals surface area contributed by atoms with Crippen molar-refractivity contribution in [1.82, 2.24) is 14.6 Å². The molecule has 0 spiro atoms. The molecule has 3 aromatic rings. The fourth-order valence-corrected chi connectivity index (χ4v) is 2.95. The van der Waals surface area contributed by atoms with Gasteiger partial charge >= 0.3 is 5.97 Å². The minimum Gasteiger partial charge on any atom is -0.493 e. The van der Waals surface area contributed by atoms with Crippen molar-refractivity contribution in [2.75, 3.05) is 7.11 Å². The van der Waals surface area contributed by atoms with Crippen LogP contribution in [0, 0.1) is 0 Å². The molecule has 0 radical (unpaired) electrons. The topological polar surface area (TPSA) is 99.9 Å². The lowest BCUT2D eigenvalue weighted by molar-refractivity contribution is -0.132. The number of fused-ring (bicyclic) bond motifs is 1. The number of thiazole rings is 1. The molecule has 122 valence electrons. The van der Waals surface area contributed by atoms with Gasteiger partial charge in [0.1, 0.15) is 6.20 Å². The highest BCUT2D eigenvalue weighted by atomic mass is 32.1. The zero-order chi connectivity index (χ0) is 17.3. The molecule has 3 rings (SSSR count). The Kier molecular flexibility index (Phi) is 4.09. The van der Waals surface area contributed by atoms with Gasteiger partial charge in [-0.3, -0.25) is 14.4 Å². The van der Waals surface area contributed by atoms with Gasteiger partial charge in [-0.2, -0.15) is 14.6 Å². The maximum absolute atomic E-state index is 12.2. The molecule has 9 heteroatoms. The molecule has 0 atom stereocenters. The van der Waals surface area contributed by atoms with Crippen LogP contribution in [0.15, 0.2) is 34.0 Å². The van der Waals surface area contributed by atoms with E-state index in [2.05, 4.69) is 10.1 Å². The molecule has 0 unspecified atom stereocenters. The predicted molar refractivity (Wildman–Crippen MR) is 86.5 cm³/mol. The van der Waals surface area contributed by atoms with E-state index >= 15 is 0 Å². The van der Waals surface area contributed by atoms with E-state index in [1.54, 1.807) is 24.3 Å². The summed E-state index contributed by atoms with van der Waals surface area (Å²) in [5.41, 5.74) is -0.213. The highest BCUT2D eigenvalue weighted by Crippen LogP contribution is 2.28. The Hall–Kier alpha value is -3.07. The quantitative estimate of drug-likeness (QED) is 0.486. The number of carbonyl (C=O) groups excluding carboxylic acids is 1. The van der Waals surface area contributed by atoms with Gasteiger partial charge < -0.3 is 9.47 Å². The fourth-order valence-electron chi connectivity index (χ4n) is 2.03. The van der Waals surface area contributed by atoms with Gasteiger partial charge in [-0.1, -0.05) is 17.4 Å². The first-order valence-electron chi connectivity index (χ1n) is 6.75. The number of aromatic nitrogens is 3. The third-order valence-electron chi connectivity index (χ3n) is 3.01. The van der Waals surface area contributed by atoms with E-state index in [9.17, 15) is 14.4 Å². The van der Waals surface area contributed by atoms with Crippen LogP contribution in [0.25, 0.3) is 11.0 Å². The summed E-state index contributed by atoms with van der Waals surface area (Å²) in [5, 5.41) is 3.76. The molecule has 0 saturated carbocycles. The maximum atomic E-state index is 12.2. The Balaban J connectivity index is 2.11. The van der Waals surface area contributed by atoms with Crippen molar-refractivity contribution in [2.24, 2.45) is 0 Å². The van der Waals surface area contributed by atoms with E-state index < -0.39 is 11.5 Å². The Morgan fingerprint density at radius 1 is 1.29 bits per heavy atom. The summed E-state index contributed by atoms with van der Waals surface area (Å²) in [7, 11) is 1.45. The average molecular weight is 345 g/mol. The Labute approximate surface area is 138 Å². The minimum absolute atomic E-state index is 0.224. The summed E-state index contributed by atoms with van der Waals surface area (Å²) >= 11 is 1.06. The van der Waals surface area contributed by atoms with Crippen LogP contribution in [0.5, 0.6) is 11.5 Å². The van der Waals surface area contributed by atoms with Crippen molar-refractivity contribution < 1.29 is 14.3 Å². The highest BCUT2D eigenvalue weighted by molar-refractivity contribution is 7.15. The van der Waals surface area contributed by atoms with Crippen LogP contribution in [-0.2, 0) is 4.79 Å². The van der Waals surface area contributed by atoms with Crippen LogP contribution in [0.4, 0.5) is 0 Å². The van der Waals surface area contributed by atoms with E-state index in [1.807, 2.05) is 0 Å². The van der Waals surface area contributed by atoms with E-state index in [-0.39, 0.29) is 16.3 Å². The van der Waals surface area contributed by atoms with Crippen LogP contribution in [0.2, 0.25) is 0 Å². The number of ether oxygens (including phenoxy) is 2. The Morgan fingerprint density at radius 3 is 2.79 bits per heavy atom. The normalized spacial score (nSPS) is 11.7. The first-order valence-corrected chi connectivity index (χ1v) is 7.56. The smallest absolute Gasteiger partial charge is 0.308 e. The van der Waals surface area contributed by atoms with Crippen LogP contribution in [-0.4, -0.2) is 27.7 Å². The lowest BCUT2D eigenvalue weighted by Crippen LogP contribution is -2.25. The minimum atomic E-state index is -0.504. The molecular formula is C15H11N3O5S. The van der Waals surface area contributed by atoms with Crippen LogP contribution in [0.1, 0.15) is 12.5 Å². The molecule has 0 bridgehead atoms. The van der Waals surface area contributed by atoms with Crippen LogP contribution < -0.4 is 25.1 Å². The average Bonchev–Trinajstić information content (AvgIpc) is 2.83. The summed E-state index contributed by atoms with van der Waals surface area (Å²) in [6.07, 6.45) is 2.61. The third-order valence-corrected chi connectivity index (χ3v) is 3.97. The summed E-state index contributed by atoms with van der Waals surface area (Å²) < 4.78 is 11.7. The molecule has 0 aliphatic carbocycles. The molecule has 2 heterocycles. The number of rotatable bonds is 3. The maximum Gasteiger partial charge on any atom is 0.308 e. The summed E-state index contributed by atoms with van der Waals surface area (Å²) in [6.45, 7) is 1.29. The van der Waals surface area contributed by atoms with Gasteiger partial charge in [0.25, 0.3) is 11.1 Å². The van der Waals surface area contributed by atoms with Crippen molar-refractivity contribution in [3.8, 4) is 11.5 Å². The molecule has 0 aliphatic heterocycles. The zero-order valence-corrected chi connectivity index (χ0v) is 13.5. The van der Waals surface area contributed by atoms with Gasteiger partial charge in [-0.05, 0) is 23.8 Å². The molecule has 0 amide bonds. The first-order chi connectivity index (χ1) is 11.5. The Bertz CT molecular complexity index is 1100. The lowest BCUT2D eigenvalue weighted by atomic mass is 10.2. The van der Waals surface area contributed by atoms with Crippen molar-refractivity contribution in [1.29, 1.82) is 0 Å². The molecule has 24 heavy (non-hydrogen) atoms. The second kappa shape index (κ2) is 6.20. The van der Waals surface area contributed by atoms with Crippen LogP contribution in [0.3, 0.4) is 0 Å². The Morgan fingerprint density at radius 2 is 2.08 bits per heavy atom. The molecule has 8 nitrogen and oxygen atoms in total. The van der Waals surface area contributed by atoms with Gasteiger partial charge in [-0.15, -0.1) is 0 Å². The first kappa shape index (κ1) is 15.8. The van der Waals surface area contributed by atoms with Gasteiger partial charge in [0.2, 0.25) is 4.96 Å². The number of hydrogen-bond acceptors (Lipinski definition) is 8. The number of methoxy groups -OCH3 is 1. The highest BCUT2D eigenvalue weighted by Gasteiger charge is 2.09. The molecule has 0 N–H and O–H groups in total. The fraction of sp³-hybridized carbons (Fsp3) is 0.133. The van der Waals surface area contributed by atoms with Gasteiger partial charge in [0.15, 0.2) is 11.5 Å². The molecule has 0 saturated heterocycles. The second-order valence-electron chi connectivity index (χ2n) is 4.71. The van der Waals surface area contributed by atoms with Crippen molar-refractivity contribution in [2.45, 2.75) is 6.92 Å². The molecule has 1 aromatic carbocycles. The zero-order valence-electron chi connectivity index (χ0n) is 12.7. The lowest BCUT2D eigenvalue weighted by Gasteiger charge is -2.08. The molecular weight excluding hydrogens is 334 g/mol. The van der Waals surface area contributed by atoms with Crippen LogP contribution >= 0.6 is 11.3 Å². The number of benzene rings is 1. The summed E-state index contributed by atoms with van der Waals surface area (Å²) in [4.78, 5) is 38.5. The van der Waals surface area contributed by atoms with E-state index in [1.165, 1.54) is 14.0 Å². The SMILES string of the molecule is COc1cc(C=c2sc3nc(=O)cnn3c2=O)ccc1OC(C)=O. The molecule has 0 fully saturated rings. The standard InChI is InChI=1S/C15H11N3O5S/c1-8(19)23-10-4-3-9(5-11(10)22-2)6-12-14(21)18-15(24-12)17-13(20)7-16-18/h3-7H,1-2H3. The molecule has 2 aromatic heterocycles. The van der Waals surface area contributed by atoms with Crippen molar-refractivity contribution >= 4 is 28.3 Å². The van der Waals surface area contributed by atoms with Crippen molar-refractivity contribution in [3.05, 3.63) is 55.2 Å². The van der Waals surface area contributed by atoms with E-state index in [4.69, 9.17) is 9.47 Å². The monoisotopic (exact) mass is 345 g/mol. The summed E-state index contributed by atoms with van der Waals surface area (Å²) in [6, 6.07) is 4.88. The van der Waals surface area contributed by atoms with Gasteiger partial charge in [0.05, 0.1) is 11.6 Å². The number of hydrogen-bond donors (Lipinski definition) is 0. The van der Waals surface area contributed by atoms with E-state index in [0.29, 0.717) is 15.8 Å². The third kappa shape index (κ3) is 3.01. The summed E-state index contributed by atoms with van der Waals surface area (Å²) in [5.74, 6) is 0.186. The van der Waals surface area contributed by atoms with Gasteiger partial charge in [-0.25, -0.2) is 0 Å². The number of carbonyl (C=O) groups is 1. The molecule has 0 aliphatic rings. The number of nitrogens with zero attached hydrogens (tertiary/aromatic N) is 3. The van der Waals surface area contributed by atoms with Crippen molar-refractivity contribution in [3.63, 3.8) is 0 Å². The largest absolute Gasteiger partial charge is 0.493 e.